The monoisotopic (exact) mass is 237 g/mol. The standard InChI is InChI=1S/C17H19N/c1-12-6-9-16(10-7-12)18-15(4)17-11-13(2)5-8-14(17)3/h5-11,18H,4H2,1-3H3. The van der Waals surface area contributed by atoms with Crippen molar-refractivity contribution in [1.29, 1.82) is 0 Å². The first-order valence-electron chi connectivity index (χ1n) is 6.16. The Kier molecular flexibility index (Phi) is 3.52. The van der Waals surface area contributed by atoms with E-state index in [9.17, 15) is 0 Å². The molecule has 0 bridgehead atoms. The predicted octanol–water partition coefficient (Wildman–Crippen LogP) is 4.69. The first-order chi connectivity index (χ1) is 8.56. The summed E-state index contributed by atoms with van der Waals surface area (Å²) in [6.07, 6.45) is 0. The number of anilines is 1. The van der Waals surface area contributed by atoms with Crippen molar-refractivity contribution in [2.75, 3.05) is 5.32 Å². The minimum Gasteiger partial charge on any atom is -0.356 e. The van der Waals surface area contributed by atoms with Gasteiger partial charge in [-0.15, -0.1) is 0 Å². The van der Waals surface area contributed by atoms with Crippen LogP contribution in [0, 0.1) is 20.8 Å². The average Bonchev–Trinajstić information content (AvgIpc) is 2.35. The van der Waals surface area contributed by atoms with Crippen molar-refractivity contribution < 1.29 is 0 Å². The Hall–Kier alpha value is -2.02. The fourth-order valence-corrected chi connectivity index (χ4v) is 1.94. The highest BCUT2D eigenvalue weighted by Crippen LogP contribution is 2.21. The molecule has 0 aliphatic carbocycles. The number of rotatable bonds is 3. The zero-order chi connectivity index (χ0) is 13.1. The van der Waals surface area contributed by atoms with E-state index in [1.807, 2.05) is 0 Å². The molecule has 0 saturated carbocycles. The van der Waals surface area contributed by atoms with Crippen LogP contribution in [0.15, 0.2) is 49.0 Å². The van der Waals surface area contributed by atoms with Gasteiger partial charge in [0, 0.05) is 16.9 Å². The fourth-order valence-electron chi connectivity index (χ4n) is 1.94. The van der Waals surface area contributed by atoms with Gasteiger partial charge in [0.2, 0.25) is 0 Å². The van der Waals surface area contributed by atoms with Gasteiger partial charge in [0.25, 0.3) is 0 Å². The normalized spacial score (nSPS) is 10.2. The van der Waals surface area contributed by atoms with Crippen LogP contribution in [-0.2, 0) is 0 Å². The molecule has 1 nitrogen and oxygen atoms in total. The number of aryl methyl sites for hydroxylation is 3. The summed E-state index contributed by atoms with van der Waals surface area (Å²) in [7, 11) is 0. The van der Waals surface area contributed by atoms with Crippen LogP contribution in [-0.4, -0.2) is 0 Å². The summed E-state index contributed by atoms with van der Waals surface area (Å²) in [6.45, 7) is 10.4. The van der Waals surface area contributed by atoms with E-state index in [2.05, 4.69) is 75.1 Å². The van der Waals surface area contributed by atoms with Crippen molar-refractivity contribution in [2.45, 2.75) is 20.8 Å². The van der Waals surface area contributed by atoms with E-state index in [1.54, 1.807) is 0 Å². The molecule has 0 radical (unpaired) electrons. The van der Waals surface area contributed by atoms with Crippen LogP contribution in [0.25, 0.3) is 5.70 Å². The van der Waals surface area contributed by atoms with Crippen molar-refractivity contribution >= 4 is 11.4 Å². The van der Waals surface area contributed by atoms with E-state index in [0.717, 1.165) is 11.4 Å². The van der Waals surface area contributed by atoms with Crippen molar-refractivity contribution in [2.24, 2.45) is 0 Å². The van der Waals surface area contributed by atoms with Crippen molar-refractivity contribution in [3.8, 4) is 0 Å². The van der Waals surface area contributed by atoms with Gasteiger partial charge in [-0.3, -0.25) is 0 Å². The Labute approximate surface area is 109 Å². The van der Waals surface area contributed by atoms with Gasteiger partial charge in [-0.2, -0.15) is 0 Å². The van der Waals surface area contributed by atoms with E-state index in [0.29, 0.717) is 0 Å². The summed E-state index contributed by atoms with van der Waals surface area (Å²) in [5, 5.41) is 3.36. The third kappa shape index (κ3) is 2.80. The Morgan fingerprint density at radius 2 is 1.50 bits per heavy atom. The molecule has 0 aliphatic rings. The smallest absolute Gasteiger partial charge is 0.0387 e. The lowest BCUT2D eigenvalue weighted by atomic mass is 10.0. The molecule has 0 fully saturated rings. The molecule has 1 heteroatoms. The van der Waals surface area contributed by atoms with Crippen molar-refractivity contribution in [3.05, 3.63) is 71.3 Å². The second-order valence-corrected chi connectivity index (χ2v) is 4.79. The second-order valence-electron chi connectivity index (χ2n) is 4.79. The van der Waals surface area contributed by atoms with Gasteiger partial charge in [0.1, 0.15) is 0 Å². The molecule has 0 heterocycles. The summed E-state index contributed by atoms with van der Waals surface area (Å²) in [5.41, 5.74) is 6.95. The molecule has 2 rings (SSSR count). The second kappa shape index (κ2) is 5.09. The number of hydrogen-bond donors (Lipinski definition) is 1. The van der Waals surface area contributed by atoms with Crippen molar-refractivity contribution in [1.82, 2.24) is 0 Å². The topological polar surface area (TPSA) is 12.0 Å². The zero-order valence-electron chi connectivity index (χ0n) is 11.2. The van der Waals surface area contributed by atoms with E-state index in [4.69, 9.17) is 0 Å². The molecule has 0 amide bonds. The number of benzene rings is 2. The summed E-state index contributed by atoms with van der Waals surface area (Å²) >= 11 is 0. The molecule has 0 aromatic heterocycles. The highest BCUT2D eigenvalue weighted by atomic mass is 14.9. The Balaban J connectivity index is 2.21. The summed E-state index contributed by atoms with van der Waals surface area (Å²) in [6, 6.07) is 14.8. The highest BCUT2D eigenvalue weighted by Gasteiger charge is 2.03. The van der Waals surface area contributed by atoms with E-state index < -0.39 is 0 Å². The summed E-state index contributed by atoms with van der Waals surface area (Å²) in [4.78, 5) is 0. The van der Waals surface area contributed by atoms with Crippen LogP contribution in [0.2, 0.25) is 0 Å². The van der Waals surface area contributed by atoms with E-state index in [-0.39, 0.29) is 0 Å². The van der Waals surface area contributed by atoms with Gasteiger partial charge in [-0.25, -0.2) is 0 Å². The first kappa shape index (κ1) is 12.4. The van der Waals surface area contributed by atoms with Crippen LogP contribution in [0.5, 0.6) is 0 Å². The van der Waals surface area contributed by atoms with Crippen LogP contribution >= 0.6 is 0 Å². The zero-order valence-corrected chi connectivity index (χ0v) is 11.2. The molecule has 0 spiro atoms. The molecule has 92 valence electrons. The van der Waals surface area contributed by atoms with Gasteiger partial charge < -0.3 is 5.32 Å². The molecule has 1 N–H and O–H groups in total. The van der Waals surface area contributed by atoms with Gasteiger partial charge in [0.05, 0.1) is 0 Å². The van der Waals surface area contributed by atoms with Crippen molar-refractivity contribution in [3.63, 3.8) is 0 Å². The largest absolute Gasteiger partial charge is 0.356 e. The first-order valence-corrected chi connectivity index (χ1v) is 6.16. The molecule has 2 aromatic rings. The molecule has 0 unspecified atom stereocenters. The summed E-state index contributed by atoms with van der Waals surface area (Å²) in [5.74, 6) is 0. The minimum absolute atomic E-state index is 0.944. The fraction of sp³-hybridized carbons (Fsp3) is 0.176. The molecule has 0 atom stereocenters. The lowest BCUT2D eigenvalue weighted by Gasteiger charge is -2.13. The summed E-state index contributed by atoms with van der Waals surface area (Å²) < 4.78 is 0. The third-order valence-corrected chi connectivity index (χ3v) is 3.06. The Morgan fingerprint density at radius 3 is 2.17 bits per heavy atom. The maximum absolute atomic E-state index is 4.13. The molecular formula is C17H19N. The lowest BCUT2D eigenvalue weighted by Crippen LogP contribution is -1.99. The average molecular weight is 237 g/mol. The maximum Gasteiger partial charge on any atom is 0.0387 e. The van der Waals surface area contributed by atoms with Crippen LogP contribution in [0.3, 0.4) is 0 Å². The van der Waals surface area contributed by atoms with Crippen LogP contribution < -0.4 is 5.32 Å². The van der Waals surface area contributed by atoms with E-state index in [1.165, 1.54) is 22.3 Å². The Bertz CT molecular complexity index is 565. The predicted molar refractivity (Wildman–Crippen MR) is 79.8 cm³/mol. The van der Waals surface area contributed by atoms with Crippen LogP contribution in [0.1, 0.15) is 22.3 Å². The highest BCUT2D eigenvalue weighted by molar-refractivity contribution is 5.77. The maximum atomic E-state index is 4.13. The molecule has 0 aliphatic heterocycles. The molecule has 18 heavy (non-hydrogen) atoms. The van der Waals surface area contributed by atoms with Crippen LogP contribution in [0.4, 0.5) is 5.69 Å². The van der Waals surface area contributed by atoms with E-state index >= 15 is 0 Å². The Morgan fingerprint density at radius 1 is 0.889 bits per heavy atom. The molecule has 2 aromatic carbocycles. The van der Waals surface area contributed by atoms with Gasteiger partial charge in [0.15, 0.2) is 0 Å². The third-order valence-electron chi connectivity index (χ3n) is 3.06. The van der Waals surface area contributed by atoms with Gasteiger partial charge >= 0.3 is 0 Å². The molecule has 0 saturated heterocycles. The number of nitrogens with one attached hydrogen (secondary N) is 1. The SMILES string of the molecule is C=C(Nc1ccc(C)cc1)c1cc(C)ccc1C. The lowest BCUT2D eigenvalue weighted by molar-refractivity contribution is 1.35. The van der Waals surface area contributed by atoms with Gasteiger partial charge in [-0.05, 0) is 44.5 Å². The molecular weight excluding hydrogens is 218 g/mol. The quantitative estimate of drug-likeness (QED) is 0.816. The number of hydrogen-bond acceptors (Lipinski definition) is 1. The van der Waals surface area contributed by atoms with Gasteiger partial charge in [-0.1, -0.05) is 42.0 Å². The minimum atomic E-state index is 0.944.